The quantitative estimate of drug-likeness (QED) is 0.773. The summed E-state index contributed by atoms with van der Waals surface area (Å²) in [7, 11) is 1.67. The molecule has 1 aromatic carbocycles. The van der Waals surface area contributed by atoms with Gasteiger partial charge in [-0.15, -0.1) is 0 Å². The topological polar surface area (TPSA) is 41.5 Å². The van der Waals surface area contributed by atoms with Gasteiger partial charge in [-0.25, -0.2) is 0 Å². The molecular formula is C12H17NO2. The molecule has 1 aromatic rings. The van der Waals surface area contributed by atoms with Crippen LogP contribution in [0.5, 0.6) is 5.75 Å². The average Bonchev–Trinajstić information content (AvgIpc) is 2.16. The van der Waals surface area contributed by atoms with E-state index in [0.29, 0.717) is 19.5 Å². The van der Waals surface area contributed by atoms with Crippen LogP contribution in [0.15, 0.2) is 18.2 Å². The van der Waals surface area contributed by atoms with Gasteiger partial charge in [0, 0.05) is 19.5 Å². The van der Waals surface area contributed by atoms with Crippen molar-refractivity contribution in [3.63, 3.8) is 0 Å². The first-order valence-electron chi connectivity index (χ1n) is 5.20. The van der Waals surface area contributed by atoms with Crippen molar-refractivity contribution in [1.82, 2.24) is 5.32 Å². The van der Waals surface area contributed by atoms with Crippen molar-refractivity contribution in [2.75, 3.05) is 20.2 Å². The van der Waals surface area contributed by atoms with Crippen LogP contribution in [-0.4, -0.2) is 30.9 Å². The van der Waals surface area contributed by atoms with Crippen LogP contribution in [0.2, 0.25) is 0 Å². The summed E-state index contributed by atoms with van der Waals surface area (Å²) in [5, 5.41) is 13.1. The maximum Gasteiger partial charge on any atom is 0.121 e. The molecule has 1 fully saturated rings. The van der Waals surface area contributed by atoms with Gasteiger partial charge in [0.15, 0.2) is 0 Å². The minimum atomic E-state index is -0.541. The van der Waals surface area contributed by atoms with Crippen molar-refractivity contribution in [1.29, 1.82) is 0 Å². The van der Waals surface area contributed by atoms with Crippen molar-refractivity contribution in [3.8, 4) is 5.75 Å². The molecule has 0 aromatic heterocycles. The Morgan fingerprint density at radius 2 is 2.20 bits per heavy atom. The molecule has 0 atom stereocenters. The van der Waals surface area contributed by atoms with E-state index in [0.717, 1.165) is 16.9 Å². The van der Waals surface area contributed by atoms with Crippen LogP contribution >= 0.6 is 0 Å². The fourth-order valence-corrected chi connectivity index (χ4v) is 1.97. The van der Waals surface area contributed by atoms with Crippen LogP contribution < -0.4 is 10.1 Å². The van der Waals surface area contributed by atoms with Crippen molar-refractivity contribution in [2.24, 2.45) is 0 Å². The summed E-state index contributed by atoms with van der Waals surface area (Å²) in [4.78, 5) is 0. The minimum absolute atomic E-state index is 0.541. The Morgan fingerprint density at radius 3 is 2.67 bits per heavy atom. The van der Waals surface area contributed by atoms with Gasteiger partial charge in [0.1, 0.15) is 5.75 Å². The highest BCUT2D eigenvalue weighted by molar-refractivity contribution is 5.36. The van der Waals surface area contributed by atoms with Gasteiger partial charge in [0.05, 0.1) is 12.7 Å². The first kappa shape index (κ1) is 10.5. The maximum absolute atomic E-state index is 9.99. The summed E-state index contributed by atoms with van der Waals surface area (Å²) in [6.07, 6.45) is 0.713. The van der Waals surface area contributed by atoms with E-state index in [9.17, 15) is 5.11 Å². The van der Waals surface area contributed by atoms with Crippen LogP contribution in [0.4, 0.5) is 0 Å². The number of methoxy groups -OCH3 is 1. The van der Waals surface area contributed by atoms with E-state index in [1.165, 1.54) is 0 Å². The summed E-state index contributed by atoms with van der Waals surface area (Å²) in [5.74, 6) is 0.900. The van der Waals surface area contributed by atoms with Crippen LogP contribution in [-0.2, 0) is 6.42 Å². The SMILES string of the molecule is COc1ccc(CC2(O)CNC2)cc1C. The lowest BCUT2D eigenvalue weighted by molar-refractivity contribution is -0.00903. The molecule has 1 aliphatic rings. The lowest BCUT2D eigenvalue weighted by Gasteiger charge is -2.37. The van der Waals surface area contributed by atoms with E-state index in [1.807, 2.05) is 19.1 Å². The van der Waals surface area contributed by atoms with E-state index in [4.69, 9.17) is 4.74 Å². The molecule has 1 heterocycles. The average molecular weight is 207 g/mol. The Kier molecular flexibility index (Phi) is 2.67. The number of nitrogens with one attached hydrogen (secondary N) is 1. The van der Waals surface area contributed by atoms with Gasteiger partial charge in [-0.1, -0.05) is 12.1 Å². The second-order valence-electron chi connectivity index (χ2n) is 4.31. The first-order chi connectivity index (χ1) is 7.13. The molecular weight excluding hydrogens is 190 g/mol. The van der Waals surface area contributed by atoms with Crippen molar-refractivity contribution in [3.05, 3.63) is 29.3 Å². The Morgan fingerprint density at radius 1 is 1.47 bits per heavy atom. The molecule has 1 aliphatic heterocycles. The van der Waals surface area contributed by atoms with E-state index in [2.05, 4.69) is 11.4 Å². The molecule has 0 saturated carbocycles. The number of hydrogen-bond acceptors (Lipinski definition) is 3. The van der Waals surface area contributed by atoms with Gasteiger partial charge >= 0.3 is 0 Å². The van der Waals surface area contributed by atoms with E-state index >= 15 is 0 Å². The van der Waals surface area contributed by atoms with E-state index in [1.54, 1.807) is 7.11 Å². The Labute approximate surface area is 90.1 Å². The molecule has 15 heavy (non-hydrogen) atoms. The third-order valence-corrected chi connectivity index (χ3v) is 2.90. The second kappa shape index (κ2) is 3.83. The zero-order valence-electron chi connectivity index (χ0n) is 9.21. The third-order valence-electron chi connectivity index (χ3n) is 2.90. The molecule has 2 rings (SSSR count). The normalized spacial score (nSPS) is 18.3. The molecule has 0 bridgehead atoms. The number of aliphatic hydroxyl groups is 1. The first-order valence-corrected chi connectivity index (χ1v) is 5.20. The molecule has 1 saturated heterocycles. The Balaban J connectivity index is 2.12. The zero-order chi connectivity index (χ0) is 10.9. The molecule has 0 unspecified atom stereocenters. The number of benzene rings is 1. The van der Waals surface area contributed by atoms with Crippen LogP contribution in [0.3, 0.4) is 0 Å². The molecule has 3 nitrogen and oxygen atoms in total. The highest BCUT2D eigenvalue weighted by Gasteiger charge is 2.34. The van der Waals surface area contributed by atoms with Crippen molar-refractivity contribution in [2.45, 2.75) is 18.9 Å². The maximum atomic E-state index is 9.99. The second-order valence-corrected chi connectivity index (χ2v) is 4.31. The standard InChI is InChI=1S/C12H17NO2/c1-9-5-10(3-4-11(9)15-2)6-12(14)7-13-8-12/h3-5,13-14H,6-8H2,1-2H3. The van der Waals surface area contributed by atoms with E-state index < -0.39 is 5.60 Å². The minimum Gasteiger partial charge on any atom is -0.496 e. The molecule has 82 valence electrons. The zero-order valence-corrected chi connectivity index (χ0v) is 9.21. The summed E-state index contributed by atoms with van der Waals surface area (Å²) >= 11 is 0. The molecule has 0 radical (unpaired) electrons. The highest BCUT2D eigenvalue weighted by atomic mass is 16.5. The van der Waals surface area contributed by atoms with Crippen molar-refractivity contribution >= 4 is 0 Å². The smallest absolute Gasteiger partial charge is 0.121 e. The van der Waals surface area contributed by atoms with Gasteiger partial charge < -0.3 is 15.2 Å². The third kappa shape index (κ3) is 2.13. The predicted molar refractivity (Wildman–Crippen MR) is 59.3 cm³/mol. The lowest BCUT2D eigenvalue weighted by atomic mass is 9.89. The van der Waals surface area contributed by atoms with Gasteiger partial charge in [-0.3, -0.25) is 0 Å². The molecule has 3 heteroatoms. The number of aryl methyl sites for hydroxylation is 1. The van der Waals surface area contributed by atoms with Gasteiger partial charge in [0.25, 0.3) is 0 Å². The molecule has 0 aliphatic carbocycles. The van der Waals surface area contributed by atoms with Gasteiger partial charge in [0.2, 0.25) is 0 Å². The van der Waals surface area contributed by atoms with Gasteiger partial charge in [-0.2, -0.15) is 0 Å². The highest BCUT2D eigenvalue weighted by Crippen LogP contribution is 2.23. The molecule has 0 amide bonds. The molecule has 2 N–H and O–H groups in total. The lowest BCUT2D eigenvalue weighted by Crippen LogP contribution is -2.60. The summed E-state index contributed by atoms with van der Waals surface area (Å²) in [6, 6.07) is 6.05. The van der Waals surface area contributed by atoms with Crippen LogP contribution in [0, 0.1) is 6.92 Å². The summed E-state index contributed by atoms with van der Waals surface area (Å²) in [5.41, 5.74) is 1.74. The Hall–Kier alpha value is -1.06. The number of ether oxygens (including phenoxy) is 1. The monoisotopic (exact) mass is 207 g/mol. The largest absolute Gasteiger partial charge is 0.496 e. The number of β-amino-alcohol motifs (C(OH)–C–C–N with tert-alkyl or cyclic N) is 1. The fourth-order valence-electron chi connectivity index (χ4n) is 1.97. The van der Waals surface area contributed by atoms with Crippen molar-refractivity contribution < 1.29 is 9.84 Å². The number of hydrogen-bond donors (Lipinski definition) is 2. The summed E-state index contributed by atoms with van der Waals surface area (Å²) in [6.45, 7) is 3.40. The Bertz CT molecular complexity index is 359. The fraction of sp³-hybridized carbons (Fsp3) is 0.500. The molecule has 0 spiro atoms. The van der Waals surface area contributed by atoms with Crippen LogP contribution in [0.25, 0.3) is 0 Å². The number of rotatable bonds is 3. The predicted octanol–water partition coefficient (Wildman–Crippen LogP) is 0.880. The van der Waals surface area contributed by atoms with E-state index in [-0.39, 0.29) is 0 Å². The van der Waals surface area contributed by atoms with Crippen LogP contribution in [0.1, 0.15) is 11.1 Å². The summed E-state index contributed by atoms with van der Waals surface area (Å²) < 4.78 is 5.20. The van der Waals surface area contributed by atoms with Gasteiger partial charge in [-0.05, 0) is 24.1 Å².